The number of aryl methyl sites for hydroxylation is 1. The van der Waals surface area contributed by atoms with Crippen LogP contribution in [0.1, 0.15) is 20.9 Å². The number of nitrogens with one attached hydrogen (secondary N) is 2. The third-order valence-electron chi connectivity index (χ3n) is 3.24. The van der Waals surface area contributed by atoms with E-state index in [1.807, 2.05) is 0 Å². The first-order chi connectivity index (χ1) is 10.6. The lowest BCUT2D eigenvalue weighted by Gasteiger charge is -2.05. The molecule has 0 aliphatic heterocycles. The van der Waals surface area contributed by atoms with Crippen molar-refractivity contribution >= 4 is 17.2 Å². The molecular formula is C15H13FN4OS. The van der Waals surface area contributed by atoms with E-state index in [9.17, 15) is 9.18 Å². The lowest BCUT2D eigenvalue weighted by Crippen LogP contribution is -2.22. The molecule has 0 fully saturated rings. The van der Waals surface area contributed by atoms with Crippen LogP contribution in [0.15, 0.2) is 36.0 Å². The van der Waals surface area contributed by atoms with Gasteiger partial charge in [-0.1, -0.05) is 0 Å². The Morgan fingerprint density at radius 3 is 2.82 bits per heavy atom. The monoisotopic (exact) mass is 316 g/mol. The maximum Gasteiger partial charge on any atom is 0.263 e. The number of carbonyl (C=O) groups excluding carboxylic acids is 1. The highest BCUT2D eigenvalue weighted by molar-refractivity contribution is 7.11. The first-order valence-electron chi connectivity index (χ1n) is 6.61. The first-order valence-corrected chi connectivity index (χ1v) is 7.49. The highest BCUT2D eigenvalue weighted by Crippen LogP contribution is 2.21. The fraction of sp³-hybridized carbons (Fsp3) is 0.133. The molecule has 0 radical (unpaired) electrons. The SMILES string of the molecule is Cc1ncsc1C(=O)NCc1cn[nH]c1-c1ccc(F)cc1. The summed E-state index contributed by atoms with van der Waals surface area (Å²) in [5.41, 5.74) is 4.78. The van der Waals surface area contributed by atoms with Gasteiger partial charge >= 0.3 is 0 Å². The summed E-state index contributed by atoms with van der Waals surface area (Å²) >= 11 is 1.31. The molecule has 1 amide bonds. The number of carbonyl (C=O) groups is 1. The summed E-state index contributed by atoms with van der Waals surface area (Å²) in [7, 11) is 0. The van der Waals surface area contributed by atoms with Crippen molar-refractivity contribution in [1.82, 2.24) is 20.5 Å². The summed E-state index contributed by atoms with van der Waals surface area (Å²) in [5, 5.41) is 9.72. The number of aromatic amines is 1. The van der Waals surface area contributed by atoms with E-state index in [0.29, 0.717) is 17.1 Å². The Hall–Kier alpha value is -2.54. The van der Waals surface area contributed by atoms with Crippen molar-refractivity contribution < 1.29 is 9.18 Å². The van der Waals surface area contributed by atoms with Crippen LogP contribution in [-0.2, 0) is 6.54 Å². The van der Waals surface area contributed by atoms with Gasteiger partial charge < -0.3 is 5.32 Å². The van der Waals surface area contributed by atoms with E-state index in [2.05, 4.69) is 20.5 Å². The van der Waals surface area contributed by atoms with Crippen LogP contribution in [-0.4, -0.2) is 21.1 Å². The van der Waals surface area contributed by atoms with Gasteiger partial charge in [-0.15, -0.1) is 11.3 Å². The molecule has 0 saturated carbocycles. The highest BCUT2D eigenvalue weighted by Gasteiger charge is 2.13. The van der Waals surface area contributed by atoms with Crippen molar-refractivity contribution in [3.63, 3.8) is 0 Å². The zero-order valence-corrected chi connectivity index (χ0v) is 12.6. The summed E-state index contributed by atoms with van der Waals surface area (Å²) in [5.74, 6) is -0.454. The molecule has 0 aliphatic carbocycles. The van der Waals surface area contributed by atoms with Gasteiger partial charge in [0.05, 0.1) is 23.1 Å². The molecule has 1 aromatic carbocycles. The summed E-state index contributed by atoms with van der Waals surface area (Å²) in [6, 6.07) is 6.11. The largest absolute Gasteiger partial charge is 0.347 e. The van der Waals surface area contributed by atoms with Crippen LogP contribution in [0.5, 0.6) is 0 Å². The van der Waals surface area contributed by atoms with Crippen molar-refractivity contribution in [1.29, 1.82) is 0 Å². The minimum Gasteiger partial charge on any atom is -0.347 e. The van der Waals surface area contributed by atoms with E-state index in [4.69, 9.17) is 0 Å². The van der Waals surface area contributed by atoms with Gasteiger partial charge in [-0.05, 0) is 31.2 Å². The molecule has 3 aromatic rings. The van der Waals surface area contributed by atoms with E-state index in [-0.39, 0.29) is 11.7 Å². The lowest BCUT2D eigenvalue weighted by atomic mass is 10.1. The lowest BCUT2D eigenvalue weighted by molar-refractivity contribution is 0.0954. The molecule has 2 N–H and O–H groups in total. The van der Waals surface area contributed by atoms with E-state index < -0.39 is 0 Å². The Morgan fingerprint density at radius 1 is 1.36 bits per heavy atom. The average Bonchev–Trinajstić information content (AvgIpc) is 3.14. The second kappa shape index (κ2) is 6.07. The maximum atomic E-state index is 13.0. The Labute approximate surface area is 130 Å². The van der Waals surface area contributed by atoms with Gasteiger partial charge in [-0.3, -0.25) is 9.89 Å². The molecule has 22 heavy (non-hydrogen) atoms. The van der Waals surface area contributed by atoms with Crippen LogP contribution >= 0.6 is 11.3 Å². The smallest absolute Gasteiger partial charge is 0.263 e. The minimum atomic E-state index is -0.293. The zero-order chi connectivity index (χ0) is 15.5. The summed E-state index contributed by atoms with van der Waals surface area (Å²) in [6.07, 6.45) is 1.65. The maximum absolute atomic E-state index is 13.0. The van der Waals surface area contributed by atoms with Gasteiger partial charge in [-0.2, -0.15) is 5.10 Å². The Balaban J connectivity index is 1.74. The fourth-order valence-corrected chi connectivity index (χ4v) is 2.81. The van der Waals surface area contributed by atoms with Gasteiger partial charge in [-0.25, -0.2) is 9.37 Å². The predicted octanol–water partition coefficient (Wildman–Crippen LogP) is 2.91. The number of halogens is 1. The number of thiazole rings is 1. The molecule has 2 heterocycles. The summed E-state index contributed by atoms with van der Waals surface area (Å²) in [4.78, 5) is 16.8. The van der Waals surface area contributed by atoms with Gasteiger partial charge in [0.15, 0.2) is 0 Å². The van der Waals surface area contributed by atoms with Crippen LogP contribution in [0.25, 0.3) is 11.3 Å². The third-order valence-corrected chi connectivity index (χ3v) is 4.17. The molecule has 2 aromatic heterocycles. The number of hydrogen-bond acceptors (Lipinski definition) is 4. The molecule has 3 rings (SSSR count). The average molecular weight is 316 g/mol. The van der Waals surface area contributed by atoms with Crippen LogP contribution in [0.3, 0.4) is 0 Å². The van der Waals surface area contributed by atoms with E-state index in [1.165, 1.54) is 23.5 Å². The number of benzene rings is 1. The van der Waals surface area contributed by atoms with E-state index >= 15 is 0 Å². The van der Waals surface area contributed by atoms with Gasteiger partial charge in [0.25, 0.3) is 5.91 Å². The molecule has 0 unspecified atom stereocenters. The van der Waals surface area contributed by atoms with E-state index in [1.54, 1.807) is 30.8 Å². The molecule has 0 spiro atoms. The molecule has 0 aliphatic rings. The summed E-state index contributed by atoms with van der Waals surface area (Å²) in [6.45, 7) is 2.13. The number of nitrogens with zero attached hydrogens (tertiary/aromatic N) is 2. The molecule has 112 valence electrons. The minimum absolute atomic E-state index is 0.161. The Morgan fingerprint density at radius 2 is 2.14 bits per heavy atom. The van der Waals surface area contributed by atoms with Crippen molar-refractivity contribution in [3.8, 4) is 11.3 Å². The molecule has 0 saturated heterocycles. The van der Waals surface area contributed by atoms with E-state index in [0.717, 1.165) is 16.8 Å². The van der Waals surface area contributed by atoms with Gasteiger partial charge in [0, 0.05) is 17.7 Å². The second-order valence-corrected chi connectivity index (χ2v) is 5.58. The fourth-order valence-electron chi connectivity index (χ4n) is 2.09. The third kappa shape index (κ3) is 2.89. The number of hydrogen-bond donors (Lipinski definition) is 2. The predicted molar refractivity (Wildman–Crippen MR) is 82.0 cm³/mol. The number of aromatic nitrogens is 3. The first kappa shape index (κ1) is 14.4. The van der Waals surface area contributed by atoms with Crippen LogP contribution in [0.4, 0.5) is 4.39 Å². The summed E-state index contributed by atoms with van der Waals surface area (Å²) < 4.78 is 13.0. The van der Waals surface area contributed by atoms with Crippen LogP contribution in [0, 0.1) is 12.7 Å². The van der Waals surface area contributed by atoms with Crippen LogP contribution < -0.4 is 5.32 Å². The molecule has 5 nitrogen and oxygen atoms in total. The van der Waals surface area contributed by atoms with Gasteiger partial charge in [0.1, 0.15) is 10.7 Å². The Kier molecular flexibility index (Phi) is 3.97. The van der Waals surface area contributed by atoms with Crippen LogP contribution in [0.2, 0.25) is 0 Å². The second-order valence-electron chi connectivity index (χ2n) is 4.73. The highest BCUT2D eigenvalue weighted by atomic mass is 32.1. The number of rotatable bonds is 4. The molecular weight excluding hydrogens is 303 g/mol. The molecule has 7 heteroatoms. The van der Waals surface area contributed by atoms with Crippen molar-refractivity contribution in [3.05, 3.63) is 57.9 Å². The molecule has 0 atom stereocenters. The number of H-pyrrole nitrogens is 1. The number of amides is 1. The zero-order valence-electron chi connectivity index (χ0n) is 11.8. The van der Waals surface area contributed by atoms with Crippen molar-refractivity contribution in [2.24, 2.45) is 0 Å². The van der Waals surface area contributed by atoms with Crippen molar-refractivity contribution in [2.75, 3.05) is 0 Å². The van der Waals surface area contributed by atoms with Gasteiger partial charge in [0.2, 0.25) is 0 Å². The topological polar surface area (TPSA) is 70.7 Å². The quantitative estimate of drug-likeness (QED) is 0.777. The normalized spacial score (nSPS) is 10.6. The Bertz CT molecular complexity index is 794. The van der Waals surface area contributed by atoms with Crippen molar-refractivity contribution in [2.45, 2.75) is 13.5 Å². The molecule has 0 bridgehead atoms. The standard InChI is InChI=1S/C15H13FN4OS/c1-9-14(22-8-18-9)15(21)17-6-11-7-19-20-13(11)10-2-4-12(16)5-3-10/h2-5,7-8H,6H2,1H3,(H,17,21)(H,19,20).